The Morgan fingerprint density at radius 3 is 2.57 bits per heavy atom. The zero-order chi connectivity index (χ0) is 16.2. The third-order valence-corrected chi connectivity index (χ3v) is 4.04. The summed E-state index contributed by atoms with van der Waals surface area (Å²) in [6.45, 7) is 3.35. The number of aryl methyl sites for hydroxylation is 1. The Hall–Kier alpha value is -2.63. The van der Waals surface area contributed by atoms with Crippen LogP contribution in [0.1, 0.15) is 18.5 Å². The summed E-state index contributed by atoms with van der Waals surface area (Å²) < 4.78 is 0. The molecule has 1 aliphatic rings. The highest BCUT2D eigenvalue weighted by molar-refractivity contribution is 5.70. The molecule has 120 valence electrons. The molecule has 23 heavy (non-hydrogen) atoms. The molecule has 2 N–H and O–H groups in total. The fourth-order valence-corrected chi connectivity index (χ4v) is 2.78. The van der Waals surface area contributed by atoms with E-state index in [1.54, 1.807) is 0 Å². The number of carbonyl (C=O) groups is 1. The Bertz CT molecular complexity index is 682. The number of hydrogen-bond donors (Lipinski definition) is 2. The first-order valence-electron chi connectivity index (χ1n) is 7.77. The number of anilines is 3. The van der Waals surface area contributed by atoms with Gasteiger partial charge in [0.2, 0.25) is 5.95 Å². The predicted molar refractivity (Wildman–Crippen MR) is 89.1 cm³/mol. The van der Waals surface area contributed by atoms with E-state index in [-0.39, 0.29) is 5.92 Å². The monoisotopic (exact) mass is 312 g/mol. The first-order chi connectivity index (χ1) is 11.1. The third kappa shape index (κ3) is 3.77. The van der Waals surface area contributed by atoms with Crippen LogP contribution in [-0.4, -0.2) is 34.1 Å². The average Bonchev–Trinajstić information content (AvgIpc) is 2.55. The SMILES string of the molecule is Cc1cc(N2CCC(C(=O)O)CC2)nc(Nc2ccccc2)n1. The Balaban J connectivity index is 1.75. The van der Waals surface area contributed by atoms with E-state index in [1.165, 1.54) is 0 Å². The molecule has 0 atom stereocenters. The Morgan fingerprint density at radius 2 is 1.91 bits per heavy atom. The van der Waals surface area contributed by atoms with Crippen molar-refractivity contribution in [3.63, 3.8) is 0 Å². The number of nitrogens with zero attached hydrogens (tertiary/aromatic N) is 3. The highest BCUT2D eigenvalue weighted by atomic mass is 16.4. The van der Waals surface area contributed by atoms with Crippen LogP contribution in [0.4, 0.5) is 17.5 Å². The number of hydrogen-bond acceptors (Lipinski definition) is 5. The van der Waals surface area contributed by atoms with E-state index in [4.69, 9.17) is 5.11 Å². The van der Waals surface area contributed by atoms with Crippen LogP contribution in [0.15, 0.2) is 36.4 Å². The molecular weight excluding hydrogens is 292 g/mol. The number of aromatic nitrogens is 2. The van der Waals surface area contributed by atoms with Crippen molar-refractivity contribution >= 4 is 23.4 Å². The van der Waals surface area contributed by atoms with E-state index in [0.29, 0.717) is 31.9 Å². The van der Waals surface area contributed by atoms with Gasteiger partial charge in [-0.2, -0.15) is 4.98 Å². The predicted octanol–water partition coefficient (Wildman–Crippen LogP) is 2.83. The van der Waals surface area contributed by atoms with Gasteiger partial charge in [-0.15, -0.1) is 0 Å². The van der Waals surface area contributed by atoms with Crippen molar-refractivity contribution in [3.05, 3.63) is 42.1 Å². The fourth-order valence-electron chi connectivity index (χ4n) is 2.78. The first kappa shape index (κ1) is 15.3. The highest BCUT2D eigenvalue weighted by Crippen LogP contribution is 2.24. The lowest BCUT2D eigenvalue weighted by molar-refractivity contribution is -0.142. The smallest absolute Gasteiger partial charge is 0.306 e. The second-order valence-corrected chi connectivity index (χ2v) is 5.78. The minimum absolute atomic E-state index is 0.240. The molecule has 1 aromatic carbocycles. The number of para-hydroxylation sites is 1. The lowest BCUT2D eigenvalue weighted by Gasteiger charge is -2.31. The molecule has 0 amide bonds. The van der Waals surface area contributed by atoms with Crippen LogP contribution in [0.3, 0.4) is 0 Å². The summed E-state index contributed by atoms with van der Waals surface area (Å²) in [6, 6.07) is 11.7. The van der Waals surface area contributed by atoms with E-state index >= 15 is 0 Å². The van der Waals surface area contributed by atoms with Crippen LogP contribution in [0.25, 0.3) is 0 Å². The Kier molecular flexibility index (Phi) is 4.41. The third-order valence-electron chi connectivity index (χ3n) is 4.04. The molecule has 1 saturated heterocycles. The van der Waals surface area contributed by atoms with Gasteiger partial charge in [-0.25, -0.2) is 4.98 Å². The normalized spacial score (nSPS) is 15.4. The first-order valence-corrected chi connectivity index (χ1v) is 7.77. The molecular formula is C17H20N4O2. The van der Waals surface area contributed by atoms with E-state index < -0.39 is 5.97 Å². The van der Waals surface area contributed by atoms with E-state index in [9.17, 15) is 4.79 Å². The largest absolute Gasteiger partial charge is 0.481 e. The van der Waals surface area contributed by atoms with Gasteiger partial charge in [0, 0.05) is 30.5 Å². The molecule has 2 aromatic rings. The van der Waals surface area contributed by atoms with Gasteiger partial charge in [0.1, 0.15) is 5.82 Å². The van der Waals surface area contributed by atoms with Gasteiger partial charge in [-0.3, -0.25) is 4.79 Å². The molecule has 0 radical (unpaired) electrons. The summed E-state index contributed by atoms with van der Waals surface area (Å²) in [5.41, 5.74) is 1.82. The molecule has 0 unspecified atom stereocenters. The van der Waals surface area contributed by atoms with Crippen LogP contribution in [0, 0.1) is 12.8 Å². The van der Waals surface area contributed by atoms with Crippen LogP contribution >= 0.6 is 0 Å². The number of benzene rings is 1. The molecule has 2 heterocycles. The zero-order valence-corrected chi connectivity index (χ0v) is 13.1. The van der Waals surface area contributed by atoms with Crippen molar-refractivity contribution in [1.82, 2.24) is 9.97 Å². The molecule has 6 nitrogen and oxygen atoms in total. The van der Waals surface area contributed by atoms with Crippen LogP contribution in [-0.2, 0) is 4.79 Å². The van der Waals surface area contributed by atoms with Crippen molar-refractivity contribution in [1.29, 1.82) is 0 Å². The molecule has 1 fully saturated rings. The van der Waals surface area contributed by atoms with Gasteiger partial charge >= 0.3 is 5.97 Å². The Labute approximate surface area is 135 Å². The van der Waals surface area contributed by atoms with Crippen molar-refractivity contribution in [3.8, 4) is 0 Å². The number of carboxylic acid groups (broad SMARTS) is 1. The fraction of sp³-hybridized carbons (Fsp3) is 0.353. The summed E-state index contributed by atoms with van der Waals surface area (Å²) in [7, 11) is 0. The average molecular weight is 312 g/mol. The summed E-state index contributed by atoms with van der Waals surface area (Å²) in [4.78, 5) is 22.2. The summed E-state index contributed by atoms with van der Waals surface area (Å²) in [5.74, 6) is 0.470. The molecule has 0 aliphatic carbocycles. The van der Waals surface area contributed by atoms with E-state index in [1.807, 2.05) is 43.3 Å². The van der Waals surface area contributed by atoms with Crippen LogP contribution in [0.2, 0.25) is 0 Å². The number of carboxylic acids is 1. The van der Waals surface area contributed by atoms with E-state index in [2.05, 4.69) is 20.2 Å². The second-order valence-electron chi connectivity index (χ2n) is 5.78. The van der Waals surface area contributed by atoms with Crippen LogP contribution in [0.5, 0.6) is 0 Å². The van der Waals surface area contributed by atoms with Crippen LogP contribution < -0.4 is 10.2 Å². The zero-order valence-electron chi connectivity index (χ0n) is 13.1. The number of aliphatic carboxylic acids is 1. The molecule has 1 aliphatic heterocycles. The minimum Gasteiger partial charge on any atom is -0.481 e. The molecule has 6 heteroatoms. The number of piperidine rings is 1. The summed E-state index contributed by atoms with van der Waals surface area (Å²) >= 11 is 0. The lowest BCUT2D eigenvalue weighted by Crippen LogP contribution is -2.36. The molecule has 3 rings (SSSR count). The number of rotatable bonds is 4. The lowest BCUT2D eigenvalue weighted by atomic mass is 9.97. The summed E-state index contributed by atoms with van der Waals surface area (Å²) in [6.07, 6.45) is 1.31. The summed E-state index contributed by atoms with van der Waals surface area (Å²) in [5, 5.41) is 12.3. The minimum atomic E-state index is -0.699. The number of nitrogens with one attached hydrogen (secondary N) is 1. The molecule has 0 spiro atoms. The van der Waals surface area contributed by atoms with Gasteiger partial charge in [0.15, 0.2) is 0 Å². The van der Waals surface area contributed by atoms with Gasteiger partial charge in [0.05, 0.1) is 5.92 Å². The highest BCUT2D eigenvalue weighted by Gasteiger charge is 2.25. The quantitative estimate of drug-likeness (QED) is 0.904. The van der Waals surface area contributed by atoms with Gasteiger partial charge < -0.3 is 15.3 Å². The standard InChI is InChI=1S/C17H20N4O2/c1-12-11-15(21-9-7-13(8-10-21)16(22)23)20-17(18-12)19-14-5-3-2-4-6-14/h2-6,11,13H,7-10H2,1H3,(H,22,23)(H,18,19,20). The second kappa shape index (κ2) is 6.64. The van der Waals surface area contributed by atoms with Gasteiger partial charge in [-0.1, -0.05) is 18.2 Å². The van der Waals surface area contributed by atoms with Crippen molar-refractivity contribution in [2.24, 2.45) is 5.92 Å². The molecule has 0 saturated carbocycles. The van der Waals surface area contributed by atoms with Crippen molar-refractivity contribution in [2.45, 2.75) is 19.8 Å². The van der Waals surface area contributed by atoms with Crippen molar-refractivity contribution < 1.29 is 9.90 Å². The molecule has 0 bridgehead atoms. The molecule has 1 aromatic heterocycles. The maximum atomic E-state index is 11.1. The van der Waals surface area contributed by atoms with E-state index in [0.717, 1.165) is 17.2 Å². The van der Waals surface area contributed by atoms with Gasteiger partial charge in [0.25, 0.3) is 0 Å². The Morgan fingerprint density at radius 1 is 1.22 bits per heavy atom. The van der Waals surface area contributed by atoms with Gasteiger partial charge in [-0.05, 0) is 31.9 Å². The maximum absolute atomic E-state index is 11.1. The topological polar surface area (TPSA) is 78.4 Å². The van der Waals surface area contributed by atoms with Crippen molar-refractivity contribution in [2.75, 3.05) is 23.3 Å². The maximum Gasteiger partial charge on any atom is 0.306 e.